The van der Waals surface area contributed by atoms with E-state index in [-0.39, 0.29) is 30.0 Å². The minimum absolute atomic E-state index is 0.00588. The van der Waals surface area contributed by atoms with E-state index in [1.54, 1.807) is 0 Å². The number of piperidine rings is 1. The predicted molar refractivity (Wildman–Crippen MR) is 127 cm³/mol. The number of benzene rings is 2. The zero-order valence-electron chi connectivity index (χ0n) is 18.9. The van der Waals surface area contributed by atoms with Crippen molar-refractivity contribution in [3.63, 3.8) is 0 Å². The van der Waals surface area contributed by atoms with Gasteiger partial charge in [0.15, 0.2) is 0 Å². The molecule has 2 aromatic rings. The molecule has 2 bridgehead atoms. The van der Waals surface area contributed by atoms with Crippen molar-refractivity contribution in [2.45, 2.75) is 50.1 Å². The second-order valence-corrected chi connectivity index (χ2v) is 9.37. The zero-order chi connectivity index (χ0) is 22.8. The van der Waals surface area contributed by atoms with Crippen molar-refractivity contribution in [2.24, 2.45) is 5.92 Å². The number of fused-ring (bicyclic) bond motifs is 5. The Kier molecular flexibility index (Phi) is 6.32. The fourth-order valence-corrected chi connectivity index (χ4v) is 5.77. The average Bonchev–Trinajstić information content (AvgIpc) is 3.15. The van der Waals surface area contributed by atoms with Crippen molar-refractivity contribution >= 4 is 11.9 Å². The maximum atomic E-state index is 13.2. The fourth-order valence-electron chi connectivity index (χ4n) is 5.77. The second kappa shape index (κ2) is 9.52. The molecular formula is C28H31NO4. The number of unbranched alkanes of at least 4 members (excludes halogenated alkanes) is 1. The number of ketones is 1. The summed E-state index contributed by atoms with van der Waals surface area (Å²) >= 11 is 0. The highest BCUT2D eigenvalue weighted by molar-refractivity contribution is 5.82. The largest absolute Gasteiger partial charge is 0.448 e. The Bertz CT molecular complexity index is 988. The van der Waals surface area contributed by atoms with Crippen molar-refractivity contribution in [2.75, 3.05) is 19.8 Å². The monoisotopic (exact) mass is 445 g/mol. The molecule has 2 aromatic carbocycles. The highest BCUT2D eigenvalue weighted by Crippen LogP contribution is 2.44. The highest BCUT2D eigenvalue weighted by Gasteiger charge is 2.44. The second-order valence-electron chi connectivity index (χ2n) is 9.37. The van der Waals surface area contributed by atoms with Gasteiger partial charge in [-0.05, 0) is 47.9 Å². The van der Waals surface area contributed by atoms with Crippen LogP contribution in [0.25, 0.3) is 11.1 Å². The van der Waals surface area contributed by atoms with E-state index in [4.69, 9.17) is 9.47 Å². The lowest BCUT2D eigenvalue weighted by atomic mass is 9.81. The van der Waals surface area contributed by atoms with Crippen LogP contribution in [-0.2, 0) is 14.3 Å². The van der Waals surface area contributed by atoms with Crippen LogP contribution in [0.4, 0.5) is 4.79 Å². The summed E-state index contributed by atoms with van der Waals surface area (Å²) in [6.45, 7) is 4.98. The first kappa shape index (κ1) is 21.9. The molecule has 2 unspecified atom stereocenters. The maximum Gasteiger partial charge on any atom is 0.410 e. The molecule has 0 spiro atoms. The number of allylic oxidation sites excluding steroid dienone is 1. The van der Waals surface area contributed by atoms with Crippen LogP contribution in [0.15, 0.2) is 61.2 Å². The molecule has 172 valence electrons. The van der Waals surface area contributed by atoms with Gasteiger partial charge in [0, 0.05) is 18.3 Å². The lowest BCUT2D eigenvalue weighted by Crippen LogP contribution is -2.60. The minimum Gasteiger partial charge on any atom is -0.448 e. The third-order valence-electron chi connectivity index (χ3n) is 7.35. The average molecular weight is 446 g/mol. The van der Waals surface area contributed by atoms with Crippen LogP contribution in [0.3, 0.4) is 0 Å². The third kappa shape index (κ3) is 4.22. The molecule has 2 heterocycles. The Labute approximate surface area is 195 Å². The number of carbonyl (C=O) groups is 2. The molecule has 2 saturated heterocycles. The fraction of sp³-hybridized carbons (Fsp3) is 0.429. The lowest BCUT2D eigenvalue weighted by Gasteiger charge is -2.47. The molecule has 33 heavy (non-hydrogen) atoms. The summed E-state index contributed by atoms with van der Waals surface area (Å²) in [5, 5.41) is 0. The van der Waals surface area contributed by atoms with Gasteiger partial charge in [-0.25, -0.2) is 4.79 Å². The van der Waals surface area contributed by atoms with Gasteiger partial charge in [0.1, 0.15) is 12.4 Å². The number of rotatable bonds is 7. The molecule has 1 aliphatic carbocycles. The first-order valence-corrected chi connectivity index (χ1v) is 12.0. The number of hydrogen-bond acceptors (Lipinski definition) is 4. The Morgan fingerprint density at radius 2 is 1.61 bits per heavy atom. The van der Waals surface area contributed by atoms with E-state index >= 15 is 0 Å². The first-order chi connectivity index (χ1) is 16.2. The summed E-state index contributed by atoms with van der Waals surface area (Å²) in [5.41, 5.74) is 4.85. The Hall–Kier alpha value is -2.92. The van der Waals surface area contributed by atoms with Gasteiger partial charge in [-0.2, -0.15) is 0 Å². The SMILES string of the molecule is C=CCCCC(=O)C1CC2COCC(C1)N2C(=O)OCC1c2ccccc2-c2ccccc21. The van der Waals surface area contributed by atoms with Gasteiger partial charge in [0.25, 0.3) is 0 Å². The summed E-state index contributed by atoms with van der Waals surface area (Å²) in [4.78, 5) is 27.8. The first-order valence-electron chi connectivity index (χ1n) is 12.0. The molecule has 2 atom stereocenters. The zero-order valence-corrected chi connectivity index (χ0v) is 18.9. The molecule has 0 aromatic heterocycles. The van der Waals surface area contributed by atoms with Crippen molar-refractivity contribution in [3.05, 3.63) is 72.3 Å². The quantitative estimate of drug-likeness (QED) is 0.426. The molecule has 2 aliphatic heterocycles. The number of nitrogens with zero attached hydrogens (tertiary/aromatic N) is 1. The summed E-state index contributed by atoms with van der Waals surface area (Å²) < 4.78 is 11.7. The number of hydrogen-bond donors (Lipinski definition) is 0. The van der Waals surface area contributed by atoms with Crippen LogP contribution < -0.4 is 0 Å². The molecule has 0 radical (unpaired) electrons. The van der Waals surface area contributed by atoms with Crippen molar-refractivity contribution in [3.8, 4) is 11.1 Å². The number of Topliss-reactive ketones (excluding diaryl/α,β-unsaturated/α-hetero) is 1. The maximum absolute atomic E-state index is 13.2. The van der Waals surface area contributed by atoms with Crippen molar-refractivity contribution in [1.82, 2.24) is 4.90 Å². The Balaban J connectivity index is 1.25. The number of amides is 1. The van der Waals surface area contributed by atoms with Gasteiger partial charge >= 0.3 is 6.09 Å². The summed E-state index contributed by atoms with van der Waals surface area (Å²) in [6, 6.07) is 16.5. The molecule has 2 fully saturated rings. The van der Waals surface area contributed by atoms with Gasteiger partial charge in [0.2, 0.25) is 0 Å². The smallest absolute Gasteiger partial charge is 0.410 e. The van der Waals surface area contributed by atoms with Crippen LogP contribution in [0.5, 0.6) is 0 Å². The molecule has 3 aliphatic rings. The molecule has 5 heteroatoms. The van der Waals surface area contributed by atoms with Crippen molar-refractivity contribution in [1.29, 1.82) is 0 Å². The summed E-state index contributed by atoms with van der Waals surface area (Å²) in [5.74, 6) is 0.355. The van der Waals surface area contributed by atoms with Gasteiger partial charge in [-0.15, -0.1) is 6.58 Å². The molecule has 5 rings (SSSR count). The summed E-state index contributed by atoms with van der Waals surface area (Å²) in [7, 11) is 0. The van der Waals surface area contributed by atoms with E-state index in [0.717, 1.165) is 12.8 Å². The standard InChI is InChI=1S/C28H31NO4/c1-2-3-4-13-27(30)19-14-20-16-32-17-21(15-19)29(20)28(31)33-18-26-24-11-7-5-9-22(24)23-10-6-8-12-25(23)26/h2,5-12,19-21,26H,1,3-4,13-18H2. The third-order valence-corrected chi connectivity index (χ3v) is 7.35. The number of ether oxygens (including phenoxy) is 2. The van der Waals surface area contributed by atoms with E-state index < -0.39 is 0 Å². The molecule has 0 N–H and O–H groups in total. The number of carbonyl (C=O) groups excluding carboxylic acids is 2. The lowest BCUT2D eigenvalue weighted by molar-refractivity contribution is -0.131. The van der Waals surface area contributed by atoms with Crippen LogP contribution in [0, 0.1) is 5.92 Å². The van der Waals surface area contributed by atoms with Crippen LogP contribution in [0.1, 0.15) is 49.1 Å². The summed E-state index contributed by atoms with van der Waals surface area (Å²) in [6.07, 6.45) is 5.19. The number of morpholine rings is 1. The Morgan fingerprint density at radius 1 is 1.00 bits per heavy atom. The Morgan fingerprint density at radius 3 is 2.21 bits per heavy atom. The van der Waals surface area contributed by atoms with E-state index in [9.17, 15) is 9.59 Å². The van der Waals surface area contributed by atoms with Crippen LogP contribution in [0.2, 0.25) is 0 Å². The minimum atomic E-state index is -0.285. The topological polar surface area (TPSA) is 55.8 Å². The van der Waals surface area contributed by atoms with Gasteiger partial charge < -0.3 is 9.47 Å². The molecule has 0 saturated carbocycles. The molecular weight excluding hydrogens is 414 g/mol. The highest BCUT2D eigenvalue weighted by atomic mass is 16.6. The van der Waals surface area contributed by atoms with E-state index in [1.807, 2.05) is 35.2 Å². The van der Waals surface area contributed by atoms with E-state index in [0.29, 0.717) is 44.9 Å². The molecule has 5 nitrogen and oxygen atoms in total. The van der Waals surface area contributed by atoms with Gasteiger partial charge in [0.05, 0.1) is 25.3 Å². The van der Waals surface area contributed by atoms with Crippen LogP contribution in [-0.4, -0.2) is 48.7 Å². The van der Waals surface area contributed by atoms with E-state index in [1.165, 1.54) is 22.3 Å². The van der Waals surface area contributed by atoms with E-state index in [2.05, 4.69) is 30.8 Å². The molecule has 1 amide bonds. The van der Waals surface area contributed by atoms with Crippen molar-refractivity contribution < 1.29 is 19.1 Å². The van der Waals surface area contributed by atoms with Gasteiger partial charge in [-0.3, -0.25) is 9.69 Å². The van der Waals surface area contributed by atoms with Crippen LogP contribution >= 0.6 is 0 Å². The normalized spacial score (nSPS) is 23.5. The predicted octanol–water partition coefficient (Wildman–Crippen LogP) is 5.34. The van der Waals surface area contributed by atoms with Gasteiger partial charge in [-0.1, -0.05) is 54.6 Å².